The van der Waals surface area contributed by atoms with E-state index in [1.807, 2.05) is 0 Å². The summed E-state index contributed by atoms with van der Waals surface area (Å²) in [7, 11) is 0. The van der Waals surface area contributed by atoms with Gasteiger partial charge in [-0.05, 0) is 50.0 Å². The Morgan fingerprint density at radius 2 is 2.05 bits per heavy atom. The van der Waals surface area contributed by atoms with E-state index in [0.29, 0.717) is 30.7 Å². The van der Waals surface area contributed by atoms with Crippen molar-refractivity contribution in [2.24, 2.45) is 23.5 Å². The lowest BCUT2D eigenvalue weighted by Gasteiger charge is -2.24. The van der Waals surface area contributed by atoms with Gasteiger partial charge in [-0.15, -0.1) is 0 Å². The summed E-state index contributed by atoms with van der Waals surface area (Å²) in [5.74, 6) is 2.14. The first-order chi connectivity index (χ1) is 9.56. The number of nitrogens with two attached hydrogens (primary N) is 1. The Morgan fingerprint density at radius 3 is 2.65 bits per heavy atom. The van der Waals surface area contributed by atoms with Gasteiger partial charge in [0.05, 0.1) is 0 Å². The normalized spacial score (nSPS) is 21.9. The van der Waals surface area contributed by atoms with Crippen LogP contribution in [0.3, 0.4) is 0 Å². The molecule has 1 heterocycles. The summed E-state index contributed by atoms with van der Waals surface area (Å²) in [6, 6.07) is 0. The van der Waals surface area contributed by atoms with Crippen LogP contribution in [-0.2, 0) is 4.79 Å². The molecule has 3 heteroatoms. The van der Waals surface area contributed by atoms with Crippen LogP contribution in [0.1, 0.15) is 65.7 Å². The van der Waals surface area contributed by atoms with E-state index in [9.17, 15) is 4.79 Å². The van der Waals surface area contributed by atoms with Gasteiger partial charge in [-0.3, -0.25) is 4.79 Å². The summed E-state index contributed by atoms with van der Waals surface area (Å²) in [5.41, 5.74) is 5.82. The minimum Gasteiger partial charge on any atom is -0.343 e. The molecule has 0 aromatic rings. The summed E-state index contributed by atoms with van der Waals surface area (Å²) in [6.07, 6.45) is 7.96. The summed E-state index contributed by atoms with van der Waals surface area (Å²) in [5, 5.41) is 0. The highest BCUT2D eigenvalue weighted by Gasteiger charge is 2.22. The number of hydrogen-bond donors (Lipinski definition) is 1. The number of nitrogens with zero attached hydrogens (tertiary/aromatic N) is 1. The van der Waals surface area contributed by atoms with Crippen LogP contribution < -0.4 is 5.73 Å². The van der Waals surface area contributed by atoms with Gasteiger partial charge in [0.2, 0.25) is 5.91 Å². The van der Waals surface area contributed by atoms with Gasteiger partial charge >= 0.3 is 0 Å². The lowest BCUT2D eigenvalue weighted by Crippen LogP contribution is -2.34. The number of rotatable bonds is 7. The highest BCUT2D eigenvalue weighted by Crippen LogP contribution is 2.23. The van der Waals surface area contributed by atoms with Crippen LogP contribution in [-0.4, -0.2) is 30.4 Å². The van der Waals surface area contributed by atoms with Crippen molar-refractivity contribution in [2.75, 3.05) is 19.6 Å². The molecular weight excluding hydrogens is 248 g/mol. The fraction of sp³-hybridized carbons (Fsp3) is 0.941. The summed E-state index contributed by atoms with van der Waals surface area (Å²) in [4.78, 5) is 14.5. The van der Waals surface area contributed by atoms with Crippen LogP contribution in [0.2, 0.25) is 0 Å². The third-order valence-electron chi connectivity index (χ3n) is 4.50. The first-order valence-corrected chi connectivity index (χ1v) is 8.54. The van der Waals surface area contributed by atoms with Crippen LogP contribution in [0.25, 0.3) is 0 Å². The Balaban J connectivity index is 2.42. The molecule has 0 bridgehead atoms. The number of carbonyl (C=O) groups excluding carboxylic acids is 1. The number of hydrogen-bond acceptors (Lipinski definition) is 2. The Labute approximate surface area is 125 Å². The van der Waals surface area contributed by atoms with E-state index in [4.69, 9.17) is 5.73 Å². The van der Waals surface area contributed by atoms with Crippen molar-refractivity contribution >= 4 is 5.91 Å². The zero-order chi connectivity index (χ0) is 15.0. The molecule has 0 saturated carbocycles. The van der Waals surface area contributed by atoms with E-state index in [1.54, 1.807) is 0 Å². The highest BCUT2D eigenvalue weighted by molar-refractivity contribution is 5.76. The number of likely N-dealkylation sites (tertiary alicyclic amines) is 1. The van der Waals surface area contributed by atoms with Gasteiger partial charge in [0.1, 0.15) is 0 Å². The van der Waals surface area contributed by atoms with Crippen molar-refractivity contribution in [2.45, 2.75) is 65.7 Å². The van der Waals surface area contributed by atoms with Crippen molar-refractivity contribution in [3.05, 3.63) is 0 Å². The predicted octanol–water partition coefficient (Wildman–Crippen LogP) is 3.43. The molecule has 0 aliphatic carbocycles. The minimum atomic E-state index is 0.332. The van der Waals surface area contributed by atoms with Gasteiger partial charge in [0.25, 0.3) is 0 Å². The Hall–Kier alpha value is -0.570. The third kappa shape index (κ3) is 6.25. The topological polar surface area (TPSA) is 46.3 Å². The SMILES string of the molecule is CCCC1CCCN(C(=O)C[C@@H](CN)CC(C)C)CC1. The lowest BCUT2D eigenvalue weighted by atomic mass is 9.93. The zero-order valence-corrected chi connectivity index (χ0v) is 13.7. The monoisotopic (exact) mass is 282 g/mol. The van der Waals surface area contributed by atoms with Crippen molar-refractivity contribution in [3.63, 3.8) is 0 Å². The number of carbonyl (C=O) groups is 1. The second-order valence-electron chi connectivity index (χ2n) is 6.90. The maximum absolute atomic E-state index is 12.4. The molecule has 0 spiro atoms. The van der Waals surface area contributed by atoms with Gasteiger partial charge in [0, 0.05) is 19.5 Å². The average molecular weight is 282 g/mol. The van der Waals surface area contributed by atoms with Crippen molar-refractivity contribution < 1.29 is 4.79 Å². The van der Waals surface area contributed by atoms with E-state index in [0.717, 1.165) is 25.4 Å². The van der Waals surface area contributed by atoms with Gasteiger partial charge in [-0.2, -0.15) is 0 Å². The smallest absolute Gasteiger partial charge is 0.222 e. The van der Waals surface area contributed by atoms with Crippen LogP contribution >= 0.6 is 0 Å². The Bertz CT molecular complexity index is 278. The molecule has 2 atom stereocenters. The largest absolute Gasteiger partial charge is 0.343 e. The fourth-order valence-corrected chi connectivity index (χ4v) is 3.42. The van der Waals surface area contributed by atoms with E-state index in [1.165, 1.54) is 32.1 Å². The number of amides is 1. The van der Waals surface area contributed by atoms with Crippen molar-refractivity contribution in [1.29, 1.82) is 0 Å². The molecule has 1 fully saturated rings. The molecular formula is C17H34N2O. The maximum atomic E-state index is 12.4. The molecule has 1 aliphatic heterocycles. The molecule has 0 aromatic heterocycles. The fourth-order valence-electron chi connectivity index (χ4n) is 3.42. The van der Waals surface area contributed by atoms with Crippen molar-refractivity contribution in [3.8, 4) is 0 Å². The quantitative estimate of drug-likeness (QED) is 0.777. The predicted molar refractivity (Wildman–Crippen MR) is 85.4 cm³/mol. The van der Waals surface area contributed by atoms with Gasteiger partial charge < -0.3 is 10.6 Å². The van der Waals surface area contributed by atoms with E-state index >= 15 is 0 Å². The summed E-state index contributed by atoms with van der Waals surface area (Å²) >= 11 is 0. The Morgan fingerprint density at radius 1 is 1.30 bits per heavy atom. The average Bonchev–Trinajstić information content (AvgIpc) is 2.63. The second-order valence-corrected chi connectivity index (χ2v) is 6.90. The standard InChI is InChI=1S/C17H34N2O/c1-4-6-15-7-5-9-19(10-8-15)17(20)12-16(13-18)11-14(2)3/h14-16H,4-13,18H2,1-3H3/t15?,16-/m0/s1. The molecule has 1 saturated heterocycles. The molecule has 20 heavy (non-hydrogen) atoms. The lowest BCUT2D eigenvalue weighted by molar-refractivity contribution is -0.132. The second kappa shape index (κ2) is 9.38. The Kier molecular flexibility index (Phi) is 8.20. The molecule has 0 aromatic carbocycles. The molecule has 1 rings (SSSR count). The van der Waals surface area contributed by atoms with Crippen molar-refractivity contribution in [1.82, 2.24) is 4.90 Å². The van der Waals surface area contributed by atoms with Crippen LogP contribution in [0.4, 0.5) is 0 Å². The van der Waals surface area contributed by atoms with Gasteiger partial charge in [-0.1, -0.05) is 33.6 Å². The molecule has 2 N–H and O–H groups in total. The van der Waals surface area contributed by atoms with Gasteiger partial charge in [-0.25, -0.2) is 0 Å². The summed E-state index contributed by atoms with van der Waals surface area (Å²) in [6.45, 7) is 9.21. The summed E-state index contributed by atoms with van der Waals surface area (Å²) < 4.78 is 0. The molecule has 1 aliphatic rings. The molecule has 1 unspecified atom stereocenters. The molecule has 118 valence electrons. The molecule has 3 nitrogen and oxygen atoms in total. The first kappa shape index (κ1) is 17.5. The third-order valence-corrected chi connectivity index (χ3v) is 4.50. The van der Waals surface area contributed by atoms with E-state index < -0.39 is 0 Å². The zero-order valence-electron chi connectivity index (χ0n) is 13.7. The van der Waals surface area contributed by atoms with Gasteiger partial charge in [0.15, 0.2) is 0 Å². The molecule has 1 amide bonds. The van der Waals surface area contributed by atoms with E-state index in [2.05, 4.69) is 25.7 Å². The van der Waals surface area contributed by atoms with Crippen LogP contribution in [0.5, 0.6) is 0 Å². The highest BCUT2D eigenvalue weighted by atomic mass is 16.2. The van der Waals surface area contributed by atoms with E-state index in [-0.39, 0.29) is 0 Å². The first-order valence-electron chi connectivity index (χ1n) is 8.54. The maximum Gasteiger partial charge on any atom is 0.222 e. The molecule has 0 radical (unpaired) electrons. The van der Waals surface area contributed by atoms with Crippen LogP contribution in [0.15, 0.2) is 0 Å². The van der Waals surface area contributed by atoms with Crippen LogP contribution in [0, 0.1) is 17.8 Å². The minimum absolute atomic E-state index is 0.332.